The van der Waals surface area contributed by atoms with Gasteiger partial charge in [-0.05, 0) is 42.7 Å². The van der Waals surface area contributed by atoms with Gasteiger partial charge in [-0.3, -0.25) is 4.98 Å². The second kappa shape index (κ2) is 6.31. The average Bonchev–Trinajstić information content (AvgIpc) is 3.04. The SMILES string of the molecule is CCCCc1ccc(-c2nc(-c3cccnc3)no2)cc1. The molecule has 4 heteroatoms. The fraction of sp³-hybridized carbons (Fsp3) is 0.235. The van der Waals surface area contributed by atoms with Crippen molar-refractivity contribution in [2.24, 2.45) is 0 Å². The third-order valence-corrected chi connectivity index (χ3v) is 3.37. The van der Waals surface area contributed by atoms with Crippen molar-refractivity contribution in [1.29, 1.82) is 0 Å². The van der Waals surface area contributed by atoms with Gasteiger partial charge in [0.05, 0.1) is 0 Å². The summed E-state index contributed by atoms with van der Waals surface area (Å²) in [6.45, 7) is 2.20. The number of pyridine rings is 1. The summed E-state index contributed by atoms with van der Waals surface area (Å²) in [4.78, 5) is 8.49. The molecule has 0 atom stereocenters. The number of benzene rings is 1. The van der Waals surface area contributed by atoms with E-state index < -0.39 is 0 Å². The molecule has 3 rings (SSSR count). The van der Waals surface area contributed by atoms with Crippen LogP contribution in [0.3, 0.4) is 0 Å². The van der Waals surface area contributed by atoms with Crippen LogP contribution in [0.25, 0.3) is 22.8 Å². The van der Waals surface area contributed by atoms with Crippen LogP contribution in [0.15, 0.2) is 53.3 Å². The highest BCUT2D eigenvalue weighted by molar-refractivity contribution is 5.59. The standard InChI is InChI=1S/C17H17N3O/c1-2-3-5-13-7-9-14(10-8-13)17-19-16(20-21-17)15-6-4-11-18-12-15/h4,6-12H,2-3,5H2,1H3. The van der Waals surface area contributed by atoms with E-state index in [1.165, 1.54) is 18.4 Å². The zero-order chi connectivity index (χ0) is 14.5. The van der Waals surface area contributed by atoms with Crippen LogP contribution in [0, 0.1) is 0 Å². The number of unbranched alkanes of at least 4 members (excludes halogenated alkanes) is 1. The lowest BCUT2D eigenvalue weighted by Crippen LogP contribution is -1.85. The summed E-state index contributed by atoms with van der Waals surface area (Å²) in [5.41, 5.74) is 3.14. The molecule has 0 bridgehead atoms. The minimum Gasteiger partial charge on any atom is -0.334 e. The van der Waals surface area contributed by atoms with Crippen LogP contribution in [0.4, 0.5) is 0 Å². The zero-order valence-corrected chi connectivity index (χ0v) is 12.0. The number of hydrogen-bond acceptors (Lipinski definition) is 4. The van der Waals surface area contributed by atoms with Crippen molar-refractivity contribution >= 4 is 0 Å². The Morgan fingerprint density at radius 1 is 1.05 bits per heavy atom. The van der Waals surface area contributed by atoms with Crippen LogP contribution in [0.5, 0.6) is 0 Å². The molecule has 0 fully saturated rings. The van der Waals surface area contributed by atoms with Crippen molar-refractivity contribution in [2.75, 3.05) is 0 Å². The van der Waals surface area contributed by atoms with Gasteiger partial charge in [-0.15, -0.1) is 0 Å². The Balaban J connectivity index is 1.80. The molecule has 0 amide bonds. The normalized spacial score (nSPS) is 10.7. The van der Waals surface area contributed by atoms with E-state index in [0.717, 1.165) is 17.5 Å². The molecule has 3 aromatic rings. The van der Waals surface area contributed by atoms with E-state index in [0.29, 0.717) is 11.7 Å². The van der Waals surface area contributed by atoms with Gasteiger partial charge in [-0.25, -0.2) is 0 Å². The van der Waals surface area contributed by atoms with Crippen molar-refractivity contribution in [1.82, 2.24) is 15.1 Å². The summed E-state index contributed by atoms with van der Waals surface area (Å²) in [6.07, 6.45) is 6.98. The van der Waals surface area contributed by atoms with E-state index in [1.807, 2.05) is 24.3 Å². The first kappa shape index (κ1) is 13.5. The minimum absolute atomic E-state index is 0.538. The first-order valence-corrected chi connectivity index (χ1v) is 7.20. The van der Waals surface area contributed by atoms with E-state index in [-0.39, 0.29) is 0 Å². The van der Waals surface area contributed by atoms with Crippen LogP contribution < -0.4 is 0 Å². The lowest BCUT2D eigenvalue weighted by molar-refractivity contribution is 0.432. The molecule has 0 aliphatic carbocycles. The Morgan fingerprint density at radius 3 is 2.62 bits per heavy atom. The fourth-order valence-corrected chi connectivity index (χ4v) is 2.15. The average molecular weight is 279 g/mol. The molecule has 0 N–H and O–H groups in total. The molecule has 2 heterocycles. The molecular formula is C17H17N3O. The van der Waals surface area contributed by atoms with Gasteiger partial charge >= 0.3 is 0 Å². The molecule has 1 aromatic carbocycles. The third kappa shape index (κ3) is 3.16. The van der Waals surface area contributed by atoms with Crippen LogP contribution in [0.1, 0.15) is 25.3 Å². The highest BCUT2D eigenvalue weighted by atomic mass is 16.5. The molecule has 0 aliphatic heterocycles. The second-order valence-corrected chi connectivity index (χ2v) is 4.97. The Morgan fingerprint density at radius 2 is 1.90 bits per heavy atom. The van der Waals surface area contributed by atoms with Crippen molar-refractivity contribution < 1.29 is 4.52 Å². The maximum atomic E-state index is 5.34. The minimum atomic E-state index is 0.538. The maximum absolute atomic E-state index is 5.34. The summed E-state index contributed by atoms with van der Waals surface area (Å²) >= 11 is 0. The van der Waals surface area contributed by atoms with Gasteiger partial charge in [0.2, 0.25) is 5.82 Å². The van der Waals surface area contributed by atoms with Gasteiger partial charge in [-0.1, -0.05) is 30.6 Å². The summed E-state index contributed by atoms with van der Waals surface area (Å²) in [7, 11) is 0. The fourth-order valence-electron chi connectivity index (χ4n) is 2.15. The Hall–Kier alpha value is -2.49. The van der Waals surface area contributed by atoms with Crippen molar-refractivity contribution in [3.05, 3.63) is 54.4 Å². The third-order valence-electron chi connectivity index (χ3n) is 3.37. The molecule has 21 heavy (non-hydrogen) atoms. The first-order chi connectivity index (χ1) is 10.4. The van der Waals surface area contributed by atoms with Crippen LogP contribution in [-0.4, -0.2) is 15.1 Å². The highest BCUT2D eigenvalue weighted by Gasteiger charge is 2.10. The molecule has 0 unspecified atom stereocenters. The summed E-state index contributed by atoms with van der Waals surface area (Å²) in [5.74, 6) is 1.10. The van der Waals surface area contributed by atoms with Crippen LogP contribution >= 0.6 is 0 Å². The first-order valence-electron chi connectivity index (χ1n) is 7.20. The molecule has 4 nitrogen and oxygen atoms in total. The Labute approximate surface area is 123 Å². The smallest absolute Gasteiger partial charge is 0.258 e. The van der Waals surface area contributed by atoms with Crippen LogP contribution in [-0.2, 0) is 6.42 Å². The molecule has 0 saturated heterocycles. The molecule has 0 radical (unpaired) electrons. The van der Waals surface area contributed by atoms with E-state index >= 15 is 0 Å². The number of rotatable bonds is 5. The van der Waals surface area contributed by atoms with E-state index in [2.05, 4.69) is 34.2 Å². The van der Waals surface area contributed by atoms with Gasteiger partial charge < -0.3 is 4.52 Å². The molecule has 0 saturated carbocycles. The lowest BCUT2D eigenvalue weighted by Gasteiger charge is -2.00. The van der Waals surface area contributed by atoms with Crippen molar-refractivity contribution in [3.8, 4) is 22.8 Å². The van der Waals surface area contributed by atoms with Gasteiger partial charge in [0.15, 0.2) is 0 Å². The van der Waals surface area contributed by atoms with Gasteiger partial charge in [0, 0.05) is 23.5 Å². The number of hydrogen-bond donors (Lipinski definition) is 0. The summed E-state index contributed by atoms with van der Waals surface area (Å²) in [5, 5.41) is 4.01. The van der Waals surface area contributed by atoms with Gasteiger partial charge in [0.1, 0.15) is 0 Å². The Kier molecular flexibility index (Phi) is 4.05. The molecule has 0 spiro atoms. The Bertz CT molecular complexity index is 690. The van der Waals surface area contributed by atoms with E-state index in [9.17, 15) is 0 Å². The van der Waals surface area contributed by atoms with Crippen molar-refractivity contribution in [2.45, 2.75) is 26.2 Å². The zero-order valence-electron chi connectivity index (χ0n) is 12.0. The monoisotopic (exact) mass is 279 g/mol. The second-order valence-electron chi connectivity index (χ2n) is 4.97. The molecule has 0 aliphatic rings. The van der Waals surface area contributed by atoms with Gasteiger partial charge in [0.25, 0.3) is 5.89 Å². The lowest BCUT2D eigenvalue weighted by atomic mass is 10.1. The number of aromatic nitrogens is 3. The molecule has 106 valence electrons. The predicted molar refractivity (Wildman–Crippen MR) is 81.6 cm³/mol. The maximum Gasteiger partial charge on any atom is 0.258 e. The molecular weight excluding hydrogens is 262 g/mol. The topological polar surface area (TPSA) is 51.8 Å². The van der Waals surface area contributed by atoms with Gasteiger partial charge in [-0.2, -0.15) is 4.98 Å². The quantitative estimate of drug-likeness (QED) is 0.704. The molecule has 2 aromatic heterocycles. The predicted octanol–water partition coefficient (Wildman–Crippen LogP) is 4.14. The number of nitrogens with zero attached hydrogens (tertiary/aromatic N) is 3. The summed E-state index contributed by atoms with van der Waals surface area (Å²) < 4.78 is 5.34. The van der Waals surface area contributed by atoms with E-state index in [1.54, 1.807) is 12.4 Å². The van der Waals surface area contributed by atoms with Crippen LogP contribution in [0.2, 0.25) is 0 Å². The number of aryl methyl sites for hydroxylation is 1. The largest absolute Gasteiger partial charge is 0.334 e. The highest BCUT2D eigenvalue weighted by Crippen LogP contribution is 2.22. The summed E-state index contributed by atoms with van der Waals surface area (Å²) in [6, 6.07) is 12.1. The van der Waals surface area contributed by atoms with Crippen molar-refractivity contribution in [3.63, 3.8) is 0 Å². The van der Waals surface area contributed by atoms with E-state index in [4.69, 9.17) is 4.52 Å².